The number of rotatable bonds is 7. The summed E-state index contributed by atoms with van der Waals surface area (Å²) in [5.74, 6) is 0.0490. The zero-order valence-electron chi connectivity index (χ0n) is 20.0. The Kier molecular flexibility index (Phi) is 7.53. The number of aliphatic hydroxyl groups excluding tert-OH is 1. The highest BCUT2D eigenvalue weighted by Crippen LogP contribution is 2.28. The number of hydrogen-bond donors (Lipinski definition) is 1. The number of β-amino-alcohol motifs (C(OH)–C–C–N with tert-alkyl or cyclic N) is 1. The normalized spacial score (nSPS) is 20.0. The van der Waals surface area contributed by atoms with Crippen LogP contribution in [0.25, 0.3) is 11.1 Å². The van der Waals surface area contributed by atoms with Crippen molar-refractivity contribution in [1.82, 2.24) is 9.80 Å². The van der Waals surface area contributed by atoms with Crippen molar-refractivity contribution in [3.05, 3.63) is 53.8 Å². The number of piperidine rings is 1. The number of hydrogen-bond acceptors (Lipinski definition) is 4. The number of likely N-dealkylation sites (tertiary alicyclic amines) is 2. The van der Waals surface area contributed by atoms with Gasteiger partial charge in [-0.3, -0.25) is 4.79 Å². The van der Waals surface area contributed by atoms with E-state index in [1.807, 2.05) is 18.2 Å². The smallest absolute Gasteiger partial charge is 0.253 e. The Morgan fingerprint density at radius 3 is 2.32 bits per heavy atom. The van der Waals surface area contributed by atoms with Crippen molar-refractivity contribution >= 4 is 5.91 Å². The van der Waals surface area contributed by atoms with Crippen LogP contribution < -0.4 is 4.74 Å². The van der Waals surface area contributed by atoms with Crippen molar-refractivity contribution in [3.63, 3.8) is 0 Å². The van der Waals surface area contributed by atoms with Gasteiger partial charge in [-0.25, -0.2) is 8.78 Å². The van der Waals surface area contributed by atoms with E-state index >= 15 is 0 Å². The van der Waals surface area contributed by atoms with Gasteiger partial charge in [0.15, 0.2) is 11.6 Å². The summed E-state index contributed by atoms with van der Waals surface area (Å²) in [6.45, 7) is 6.68. The molecule has 34 heavy (non-hydrogen) atoms. The average Bonchev–Trinajstić information content (AvgIpc) is 3.24. The molecule has 4 rings (SSSR count). The molecule has 2 saturated heterocycles. The van der Waals surface area contributed by atoms with E-state index in [0.717, 1.165) is 31.5 Å². The van der Waals surface area contributed by atoms with Crippen LogP contribution in [0, 0.1) is 11.7 Å². The average molecular weight is 473 g/mol. The summed E-state index contributed by atoms with van der Waals surface area (Å²) >= 11 is 0. The standard InChI is InChI=1S/C27H34F2N2O3/c1-27(2,29)18-30-12-9-19(10-13-30)17-34-25-8-7-22(15-24(25)28)20-3-5-21(6-4-20)26(33)31-14-11-23(32)16-31/h3-8,15,19,23,32H,9-14,16-18H2,1-2H3. The minimum absolute atomic E-state index is 0.0998. The molecule has 2 aliphatic heterocycles. The number of benzene rings is 2. The predicted octanol–water partition coefficient (Wildman–Crippen LogP) is 4.54. The summed E-state index contributed by atoms with van der Waals surface area (Å²) in [5.41, 5.74) is 0.884. The molecule has 7 heteroatoms. The Hall–Kier alpha value is -2.51. The maximum atomic E-state index is 14.7. The summed E-state index contributed by atoms with van der Waals surface area (Å²) < 4.78 is 34.3. The van der Waals surface area contributed by atoms with Gasteiger partial charge in [0.05, 0.1) is 12.7 Å². The van der Waals surface area contributed by atoms with Crippen LogP contribution in [0.5, 0.6) is 5.75 Å². The van der Waals surface area contributed by atoms with Gasteiger partial charge in [0.2, 0.25) is 0 Å². The third-order valence-electron chi connectivity index (χ3n) is 6.63. The Labute approximate surface area is 200 Å². The molecule has 0 bridgehead atoms. The van der Waals surface area contributed by atoms with Crippen LogP contribution in [0.2, 0.25) is 0 Å². The van der Waals surface area contributed by atoms with E-state index in [9.17, 15) is 18.7 Å². The second-order valence-electron chi connectivity index (χ2n) is 10.2. The highest BCUT2D eigenvalue weighted by Gasteiger charge is 2.26. The SMILES string of the molecule is CC(C)(F)CN1CCC(COc2ccc(-c3ccc(C(=O)N4CCC(O)C4)cc3)cc2F)CC1. The summed E-state index contributed by atoms with van der Waals surface area (Å²) in [6, 6.07) is 12.0. The topological polar surface area (TPSA) is 53.0 Å². The first-order valence-corrected chi connectivity index (χ1v) is 12.1. The van der Waals surface area contributed by atoms with Crippen molar-refractivity contribution in [2.75, 3.05) is 39.3 Å². The lowest BCUT2D eigenvalue weighted by atomic mass is 9.97. The van der Waals surface area contributed by atoms with E-state index in [0.29, 0.717) is 49.7 Å². The van der Waals surface area contributed by atoms with Gasteiger partial charge in [-0.05, 0) is 87.5 Å². The molecule has 5 nitrogen and oxygen atoms in total. The van der Waals surface area contributed by atoms with Crippen molar-refractivity contribution in [1.29, 1.82) is 0 Å². The Morgan fingerprint density at radius 1 is 1.06 bits per heavy atom. The first kappa shape index (κ1) is 24.6. The molecular weight excluding hydrogens is 438 g/mol. The Balaban J connectivity index is 1.30. The van der Waals surface area contributed by atoms with Crippen LogP contribution >= 0.6 is 0 Å². The molecule has 1 atom stereocenters. The van der Waals surface area contributed by atoms with Crippen molar-refractivity contribution < 1.29 is 23.4 Å². The molecule has 2 aromatic carbocycles. The van der Waals surface area contributed by atoms with Gasteiger partial charge in [0.25, 0.3) is 5.91 Å². The maximum absolute atomic E-state index is 14.7. The van der Waals surface area contributed by atoms with Gasteiger partial charge in [0.1, 0.15) is 5.67 Å². The largest absolute Gasteiger partial charge is 0.490 e. The third-order valence-corrected chi connectivity index (χ3v) is 6.63. The number of aliphatic hydroxyl groups is 1. The molecule has 2 aliphatic rings. The third kappa shape index (κ3) is 6.33. The summed E-state index contributed by atoms with van der Waals surface area (Å²) in [4.78, 5) is 16.3. The van der Waals surface area contributed by atoms with Crippen LogP contribution in [0.4, 0.5) is 8.78 Å². The Bertz CT molecular complexity index is 982. The highest BCUT2D eigenvalue weighted by molar-refractivity contribution is 5.95. The van der Waals surface area contributed by atoms with E-state index in [-0.39, 0.29) is 11.7 Å². The first-order chi connectivity index (χ1) is 16.2. The van der Waals surface area contributed by atoms with Crippen LogP contribution in [-0.2, 0) is 0 Å². The number of carbonyl (C=O) groups is 1. The lowest BCUT2D eigenvalue weighted by Gasteiger charge is -2.34. The number of halogens is 2. The molecule has 1 N–H and O–H groups in total. The van der Waals surface area contributed by atoms with E-state index in [1.165, 1.54) is 6.07 Å². The van der Waals surface area contributed by atoms with Gasteiger partial charge < -0.3 is 19.6 Å². The van der Waals surface area contributed by atoms with Gasteiger partial charge in [0, 0.05) is 25.2 Å². The molecule has 184 valence electrons. The number of alkyl halides is 1. The zero-order chi connectivity index (χ0) is 24.3. The summed E-state index contributed by atoms with van der Waals surface area (Å²) in [7, 11) is 0. The molecule has 1 unspecified atom stereocenters. The first-order valence-electron chi connectivity index (χ1n) is 12.1. The van der Waals surface area contributed by atoms with Crippen LogP contribution in [0.15, 0.2) is 42.5 Å². The minimum atomic E-state index is -1.19. The fourth-order valence-electron chi connectivity index (χ4n) is 4.76. The monoisotopic (exact) mass is 472 g/mol. The van der Waals surface area contributed by atoms with E-state index < -0.39 is 17.6 Å². The number of nitrogens with zero attached hydrogens (tertiary/aromatic N) is 2. The van der Waals surface area contributed by atoms with Crippen LogP contribution in [-0.4, -0.2) is 71.9 Å². The molecular formula is C27H34F2N2O3. The molecule has 2 fully saturated rings. The van der Waals surface area contributed by atoms with Crippen molar-refractivity contribution in [2.24, 2.45) is 5.92 Å². The number of ether oxygens (including phenoxy) is 1. The molecule has 2 heterocycles. The lowest BCUT2D eigenvalue weighted by molar-refractivity contribution is 0.0765. The Morgan fingerprint density at radius 2 is 1.74 bits per heavy atom. The van der Waals surface area contributed by atoms with Crippen LogP contribution in [0.1, 0.15) is 43.5 Å². The molecule has 0 spiro atoms. The molecule has 1 amide bonds. The summed E-state index contributed by atoms with van der Waals surface area (Å²) in [5, 5.41) is 9.64. The van der Waals surface area contributed by atoms with Crippen molar-refractivity contribution in [2.45, 2.75) is 44.9 Å². The second-order valence-corrected chi connectivity index (χ2v) is 10.2. The molecule has 0 aliphatic carbocycles. The number of carbonyl (C=O) groups excluding carboxylic acids is 1. The fraction of sp³-hybridized carbons (Fsp3) is 0.519. The quantitative estimate of drug-likeness (QED) is 0.643. The zero-order valence-corrected chi connectivity index (χ0v) is 20.0. The number of amides is 1. The van der Waals surface area contributed by atoms with Gasteiger partial charge in [-0.1, -0.05) is 18.2 Å². The van der Waals surface area contributed by atoms with Crippen molar-refractivity contribution in [3.8, 4) is 16.9 Å². The molecule has 0 radical (unpaired) electrons. The maximum Gasteiger partial charge on any atom is 0.253 e. The summed E-state index contributed by atoms with van der Waals surface area (Å²) in [6.07, 6.45) is 1.98. The van der Waals surface area contributed by atoms with E-state index in [2.05, 4.69) is 4.90 Å². The molecule has 0 saturated carbocycles. The van der Waals surface area contributed by atoms with E-state index in [1.54, 1.807) is 36.9 Å². The van der Waals surface area contributed by atoms with Gasteiger partial charge in [-0.15, -0.1) is 0 Å². The highest BCUT2D eigenvalue weighted by atomic mass is 19.1. The minimum Gasteiger partial charge on any atom is -0.490 e. The van der Waals surface area contributed by atoms with E-state index in [4.69, 9.17) is 4.74 Å². The lowest BCUT2D eigenvalue weighted by Crippen LogP contribution is -2.41. The molecule has 0 aromatic heterocycles. The molecule has 2 aromatic rings. The van der Waals surface area contributed by atoms with Gasteiger partial charge >= 0.3 is 0 Å². The van der Waals surface area contributed by atoms with Crippen LogP contribution in [0.3, 0.4) is 0 Å². The predicted molar refractivity (Wildman–Crippen MR) is 128 cm³/mol. The second kappa shape index (κ2) is 10.4. The van der Waals surface area contributed by atoms with Gasteiger partial charge in [-0.2, -0.15) is 0 Å². The fourth-order valence-corrected chi connectivity index (χ4v) is 4.76.